The number of aromatic nitrogens is 1. The number of pyridine rings is 1. The number of halogens is 1. The summed E-state index contributed by atoms with van der Waals surface area (Å²) in [6.45, 7) is 1.71. The van der Waals surface area contributed by atoms with Crippen LogP contribution in [0.15, 0.2) is 46.6 Å². The third-order valence-corrected chi connectivity index (χ3v) is 3.53. The molecule has 1 aliphatic rings. The summed E-state index contributed by atoms with van der Waals surface area (Å²) in [7, 11) is 0. The summed E-state index contributed by atoms with van der Waals surface area (Å²) in [6.07, 6.45) is 0. The van der Waals surface area contributed by atoms with Crippen LogP contribution < -0.4 is 16.0 Å². The third kappa shape index (κ3) is 2.13. The van der Waals surface area contributed by atoms with E-state index in [2.05, 4.69) is 4.98 Å². The monoisotopic (exact) mass is 297 g/mol. The first kappa shape index (κ1) is 13.9. The molecule has 6 heteroatoms. The third-order valence-electron chi connectivity index (χ3n) is 3.53. The number of rotatable bonds is 1. The van der Waals surface area contributed by atoms with Gasteiger partial charge in [0.15, 0.2) is 0 Å². The Morgan fingerprint density at radius 2 is 2.18 bits per heavy atom. The lowest BCUT2D eigenvalue weighted by atomic mass is 9.84. The van der Waals surface area contributed by atoms with Crippen LogP contribution in [0.3, 0.4) is 0 Å². The number of benzene rings is 1. The van der Waals surface area contributed by atoms with Crippen LogP contribution in [0.1, 0.15) is 22.7 Å². The van der Waals surface area contributed by atoms with Gasteiger partial charge in [-0.15, -0.1) is 0 Å². The van der Waals surface area contributed by atoms with Gasteiger partial charge in [-0.1, -0.05) is 12.1 Å². The quantitative estimate of drug-likeness (QED) is 0.842. The van der Waals surface area contributed by atoms with Gasteiger partial charge in [0.1, 0.15) is 23.2 Å². The molecule has 5 nitrogen and oxygen atoms in total. The van der Waals surface area contributed by atoms with Gasteiger partial charge in [0, 0.05) is 11.8 Å². The minimum absolute atomic E-state index is 0.0748. The number of nitrogens with two attached hydrogens (primary N) is 1. The molecule has 0 amide bonds. The number of fused-ring (bicyclic) bond motifs is 1. The Kier molecular flexibility index (Phi) is 3.18. The van der Waals surface area contributed by atoms with Gasteiger partial charge in [-0.3, -0.25) is 4.79 Å². The molecule has 110 valence electrons. The molecule has 3 N–H and O–H groups in total. The van der Waals surface area contributed by atoms with Crippen molar-refractivity contribution in [2.24, 2.45) is 5.73 Å². The summed E-state index contributed by atoms with van der Waals surface area (Å²) in [5.41, 5.74) is 6.83. The standard InChI is InChI=1S/C16H12FN3O2/c1-8-5-12-14(16(21)20-8)13(11(7-18)15(19)22-12)9-3-2-4-10(17)6-9/h2-6,13H,19H2,1H3,(H,20,21). The van der Waals surface area contributed by atoms with Crippen LogP contribution in [-0.2, 0) is 0 Å². The van der Waals surface area contributed by atoms with E-state index in [0.717, 1.165) is 0 Å². The zero-order chi connectivity index (χ0) is 15.9. The number of ether oxygens (including phenoxy) is 1. The van der Waals surface area contributed by atoms with Gasteiger partial charge >= 0.3 is 0 Å². The fraction of sp³-hybridized carbons (Fsp3) is 0.125. The summed E-state index contributed by atoms with van der Waals surface area (Å²) in [5.74, 6) is -1.000. The van der Waals surface area contributed by atoms with Crippen LogP contribution in [0.5, 0.6) is 5.75 Å². The smallest absolute Gasteiger partial charge is 0.256 e. The second kappa shape index (κ2) is 5.04. The Bertz CT molecular complexity index is 893. The number of aryl methyl sites for hydroxylation is 1. The van der Waals surface area contributed by atoms with Crippen LogP contribution in [0.4, 0.5) is 4.39 Å². The van der Waals surface area contributed by atoms with E-state index in [0.29, 0.717) is 11.3 Å². The topological polar surface area (TPSA) is 91.9 Å². The van der Waals surface area contributed by atoms with Gasteiger partial charge in [0.25, 0.3) is 5.56 Å². The highest BCUT2D eigenvalue weighted by molar-refractivity contribution is 5.54. The van der Waals surface area contributed by atoms with E-state index >= 15 is 0 Å². The molecular formula is C16H12FN3O2. The first-order chi connectivity index (χ1) is 10.5. The van der Waals surface area contributed by atoms with Crippen molar-refractivity contribution in [3.05, 3.63) is 74.8 Å². The van der Waals surface area contributed by atoms with Crippen LogP contribution in [-0.4, -0.2) is 4.98 Å². The van der Waals surface area contributed by atoms with E-state index in [1.807, 2.05) is 6.07 Å². The van der Waals surface area contributed by atoms with E-state index in [1.165, 1.54) is 18.2 Å². The Hall–Kier alpha value is -3.07. The van der Waals surface area contributed by atoms with Crippen LogP contribution >= 0.6 is 0 Å². The number of aromatic amines is 1. The number of allylic oxidation sites excluding steroid dienone is 1. The fourth-order valence-corrected chi connectivity index (χ4v) is 2.63. The molecule has 1 aromatic heterocycles. The minimum atomic E-state index is -0.756. The number of hydrogen-bond acceptors (Lipinski definition) is 4. The molecule has 0 bridgehead atoms. The molecule has 1 aliphatic heterocycles. The average Bonchev–Trinajstić information content (AvgIpc) is 2.45. The maximum Gasteiger partial charge on any atom is 0.256 e. The molecule has 2 heterocycles. The summed E-state index contributed by atoms with van der Waals surface area (Å²) < 4.78 is 18.9. The van der Waals surface area contributed by atoms with Crippen molar-refractivity contribution in [1.29, 1.82) is 5.26 Å². The van der Waals surface area contributed by atoms with Crippen molar-refractivity contribution in [3.63, 3.8) is 0 Å². The van der Waals surface area contributed by atoms with Crippen molar-refractivity contribution in [2.45, 2.75) is 12.8 Å². The van der Waals surface area contributed by atoms with Gasteiger partial charge in [-0.25, -0.2) is 4.39 Å². The predicted octanol–water partition coefficient (Wildman–Crippen LogP) is 2.04. The normalized spacial score (nSPS) is 16.7. The van der Waals surface area contributed by atoms with Gasteiger partial charge in [-0.05, 0) is 24.6 Å². The van der Waals surface area contributed by atoms with E-state index in [1.54, 1.807) is 19.1 Å². The maximum atomic E-state index is 13.5. The summed E-state index contributed by atoms with van der Waals surface area (Å²) in [4.78, 5) is 15.0. The van der Waals surface area contributed by atoms with Gasteiger partial charge in [0.05, 0.1) is 11.5 Å². The number of nitrogens with zero attached hydrogens (tertiary/aromatic N) is 1. The average molecular weight is 297 g/mol. The van der Waals surface area contributed by atoms with Gasteiger partial charge in [0.2, 0.25) is 5.88 Å². The minimum Gasteiger partial charge on any atom is -0.440 e. The highest BCUT2D eigenvalue weighted by atomic mass is 19.1. The SMILES string of the molecule is Cc1cc2c(c(=O)[nH]1)C(c1cccc(F)c1)C(C#N)=C(N)O2. The van der Waals surface area contributed by atoms with E-state index in [9.17, 15) is 14.4 Å². The fourth-order valence-electron chi connectivity index (χ4n) is 2.63. The Balaban J connectivity index is 2.32. The molecule has 0 aliphatic carbocycles. The van der Waals surface area contributed by atoms with Crippen molar-refractivity contribution < 1.29 is 9.13 Å². The van der Waals surface area contributed by atoms with Gasteiger partial charge in [-0.2, -0.15) is 5.26 Å². The molecule has 0 spiro atoms. The lowest BCUT2D eigenvalue weighted by Crippen LogP contribution is -2.28. The number of H-pyrrole nitrogens is 1. The van der Waals surface area contributed by atoms with Gasteiger partial charge < -0.3 is 15.5 Å². The van der Waals surface area contributed by atoms with Crippen LogP contribution in [0.2, 0.25) is 0 Å². The first-order valence-corrected chi connectivity index (χ1v) is 6.58. The second-order valence-electron chi connectivity index (χ2n) is 5.04. The number of nitriles is 1. The zero-order valence-corrected chi connectivity index (χ0v) is 11.7. The molecule has 0 saturated heterocycles. The highest BCUT2D eigenvalue weighted by Crippen LogP contribution is 2.40. The largest absolute Gasteiger partial charge is 0.440 e. The first-order valence-electron chi connectivity index (χ1n) is 6.58. The molecular weight excluding hydrogens is 285 g/mol. The lowest BCUT2D eigenvalue weighted by molar-refractivity contribution is 0.391. The number of nitrogens with one attached hydrogen (secondary N) is 1. The molecule has 1 aromatic carbocycles. The van der Waals surface area contributed by atoms with Crippen molar-refractivity contribution in [2.75, 3.05) is 0 Å². The zero-order valence-electron chi connectivity index (χ0n) is 11.7. The highest BCUT2D eigenvalue weighted by Gasteiger charge is 2.33. The van der Waals surface area contributed by atoms with Crippen molar-refractivity contribution in [1.82, 2.24) is 4.98 Å². The summed E-state index contributed by atoms with van der Waals surface area (Å²) >= 11 is 0. The van der Waals surface area contributed by atoms with Crippen molar-refractivity contribution in [3.8, 4) is 11.8 Å². The number of hydrogen-bond donors (Lipinski definition) is 2. The Morgan fingerprint density at radius 3 is 2.86 bits per heavy atom. The molecule has 1 unspecified atom stereocenters. The maximum absolute atomic E-state index is 13.5. The van der Waals surface area contributed by atoms with Crippen molar-refractivity contribution >= 4 is 0 Å². The lowest BCUT2D eigenvalue weighted by Gasteiger charge is -2.25. The molecule has 1 atom stereocenters. The Labute approximate surface area is 125 Å². The summed E-state index contributed by atoms with van der Waals surface area (Å²) in [6, 6.07) is 9.33. The Morgan fingerprint density at radius 1 is 1.41 bits per heavy atom. The van der Waals surface area contributed by atoms with E-state index in [4.69, 9.17) is 10.5 Å². The second-order valence-corrected chi connectivity index (χ2v) is 5.04. The van der Waals surface area contributed by atoms with E-state index < -0.39 is 11.7 Å². The molecule has 0 radical (unpaired) electrons. The van der Waals surface area contributed by atoms with Crippen LogP contribution in [0, 0.1) is 24.1 Å². The molecule has 3 rings (SSSR count). The molecule has 0 fully saturated rings. The van der Waals surface area contributed by atoms with E-state index in [-0.39, 0.29) is 28.3 Å². The summed E-state index contributed by atoms with van der Waals surface area (Å²) in [5, 5.41) is 9.36. The van der Waals surface area contributed by atoms with Crippen LogP contribution in [0.25, 0.3) is 0 Å². The molecule has 22 heavy (non-hydrogen) atoms. The molecule has 0 saturated carbocycles. The predicted molar refractivity (Wildman–Crippen MR) is 77.5 cm³/mol. The molecule has 2 aromatic rings.